The minimum Gasteiger partial charge on any atom is -0.381 e. The van der Waals surface area contributed by atoms with Gasteiger partial charge in [-0.25, -0.2) is 8.78 Å². The maximum Gasteiger partial charge on any atom is 0.228 e. The van der Waals surface area contributed by atoms with Crippen molar-refractivity contribution >= 4 is 17.7 Å². The zero-order chi connectivity index (χ0) is 15.5. The van der Waals surface area contributed by atoms with E-state index in [1.54, 1.807) is 11.8 Å². The molecule has 22 heavy (non-hydrogen) atoms. The molecular formula is C16H19F2NO2S. The van der Waals surface area contributed by atoms with Crippen molar-refractivity contribution in [3.63, 3.8) is 0 Å². The minimum absolute atomic E-state index is 0.0348. The quantitative estimate of drug-likeness (QED) is 0.836. The van der Waals surface area contributed by atoms with E-state index in [0.29, 0.717) is 38.3 Å². The summed E-state index contributed by atoms with van der Waals surface area (Å²) in [6, 6.07) is 3.58. The molecule has 2 unspecified atom stereocenters. The van der Waals surface area contributed by atoms with Gasteiger partial charge in [0.15, 0.2) is 0 Å². The van der Waals surface area contributed by atoms with E-state index in [0.717, 1.165) is 18.2 Å². The third kappa shape index (κ3) is 3.43. The summed E-state index contributed by atoms with van der Waals surface area (Å²) in [6.07, 6.45) is 1.43. The molecular weight excluding hydrogens is 308 g/mol. The van der Waals surface area contributed by atoms with Gasteiger partial charge in [0.05, 0.1) is 12.5 Å². The number of carbonyl (C=O) groups is 1. The second-order valence-electron chi connectivity index (χ2n) is 5.70. The Kier molecular flexibility index (Phi) is 4.98. The molecule has 0 N–H and O–H groups in total. The number of thioether (sulfide) groups is 1. The molecule has 6 heteroatoms. The fourth-order valence-corrected chi connectivity index (χ4v) is 4.23. The number of ether oxygens (including phenoxy) is 1. The van der Waals surface area contributed by atoms with Crippen LogP contribution in [0.5, 0.6) is 0 Å². The first-order chi connectivity index (χ1) is 10.6. The van der Waals surface area contributed by atoms with Gasteiger partial charge in [-0.2, -0.15) is 11.8 Å². The maximum absolute atomic E-state index is 13.9. The molecule has 1 amide bonds. The molecule has 2 heterocycles. The number of benzene rings is 1. The first-order valence-corrected chi connectivity index (χ1v) is 8.63. The highest BCUT2D eigenvalue weighted by Gasteiger charge is 2.30. The number of carbonyl (C=O) groups excluding carboxylic acids is 1. The summed E-state index contributed by atoms with van der Waals surface area (Å²) in [5, 5.41) is -0.103. The molecule has 0 bridgehead atoms. The Labute approximate surface area is 133 Å². The SMILES string of the molecule is O=C(C1CCOC1)N1CCSC(c2cc(F)ccc2F)CC1. The summed E-state index contributed by atoms with van der Waals surface area (Å²) in [7, 11) is 0. The Bertz CT molecular complexity index is 549. The van der Waals surface area contributed by atoms with Crippen LogP contribution in [-0.4, -0.2) is 42.9 Å². The lowest BCUT2D eigenvalue weighted by Gasteiger charge is -2.23. The van der Waals surface area contributed by atoms with Gasteiger partial charge >= 0.3 is 0 Å². The molecule has 0 aromatic heterocycles. The lowest BCUT2D eigenvalue weighted by atomic mass is 10.1. The smallest absolute Gasteiger partial charge is 0.228 e. The lowest BCUT2D eigenvalue weighted by Crippen LogP contribution is -2.37. The Morgan fingerprint density at radius 1 is 1.27 bits per heavy atom. The van der Waals surface area contributed by atoms with Crippen molar-refractivity contribution < 1.29 is 18.3 Å². The largest absolute Gasteiger partial charge is 0.381 e. The minimum atomic E-state index is -0.419. The lowest BCUT2D eigenvalue weighted by molar-refractivity contribution is -0.135. The van der Waals surface area contributed by atoms with E-state index in [1.807, 2.05) is 4.90 Å². The van der Waals surface area contributed by atoms with Gasteiger partial charge in [0.25, 0.3) is 0 Å². The summed E-state index contributed by atoms with van der Waals surface area (Å²) in [4.78, 5) is 14.3. The number of hydrogen-bond acceptors (Lipinski definition) is 3. The Morgan fingerprint density at radius 2 is 2.14 bits per heavy atom. The zero-order valence-electron chi connectivity index (χ0n) is 12.3. The van der Waals surface area contributed by atoms with Crippen LogP contribution in [-0.2, 0) is 9.53 Å². The molecule has 3 rings (SSSR count). The van der Waals surface area contributed by atoms with Crippen molar-refractivity contribution in [1.29, 1.82) is 0 Å². The number of hydrogen-bond donors (Lipinski definition) is 0. The summed E-state index contributed by atoms with van der Waals surface area (Å²) in [5.41, 5.74) is 0.406. The summed E-state index contributed by atoms with van der Waals surface area (Å²) in [5.74, 6) is 0.0472. The molecule has 0 radical (unpaired) electrons. The average Bonchev–Trinajstić information content (AvgIpc) is 2.94. The second kappa shape index (κ2) is 6.96. The molecule has 2 aliphatic rings. The van der Waals surface area contributed by atoms with Gasteiger partial charge in [-0.3, -0.25) is 4.79 Å². The van der Waals surface area contributed by atoms with E-state index in [1.165, 1.54) is 12.1 Å². The van der Waals surface area contributed by atoms with Crippen LogP contribution in [0.1, 0.15) is 23.7 Å². The predicted molar refractivity (Wildman–Crippen MR) is 81.7 cm³/mol. The molecule has 3 nitrogen and oxygen atoms in total. The van der Waals surface area contributed by atoms with Crippen molar-refractivity contribution in [2.45, 2.75) is 18.1 Å². The normalized spacial score (nSPS) is 26.0. The second-order valence-corrected chi connectivity index (χ2v) is 7.01. The number of amides is 1. The molecule has 120 valence electrons. The van der Waals surface area contributed by atoms with Gasteiger partial charge in [-0.1, -0.05) is 0 Å². The van der Waals surface area contributed by atoms with E-state index in [9.17, 15) is 13.6 Å². The van der Waals surface area contributed by atoms with Crippen LogP contribution in [0.3, 0.4) is 0 Å². The van der Waals surface area contributed by atoms with Crippen LogP contribution in [0, 0.1) is 17.6 Å². The Morgan fingerprint density at radius 3 is 2.91 bits per heavy atom. The van der Waals surface area contributed by atoms with Gasteiger partial charge in [0, 0.05) is 36.3 Å². The van der Waals surface area contributed by atoms with E-state index in [2.05, 4.69) is 0 Å². The van der Waals surface area contributed by atoms with E-state index in [4.69, 9.17) is 4.74 Å². The number of nitrogens with zero attached hydrogens (tertiary/aromatic N) is 1. The van der Waals surface area contributed by atoms with Crippen molar-refractivity contribution in [3.8, 4) is 0 Å². The van der Waals surface area contributed by atoms with Crippen LogP contribution >= 0.6 is 11.8 Å². The Balaban J connectivity index is 1.66. The number of rotatable bonds is 2. The van der Waals surface area contributed by atoms with Crippen LogP contribution < -0.4 is 0 Å². The van der Waals surface area contributed by atoms with Gasteiger partial charge in [0.1, 0.15) is 11.6 Å². The van der Waals surface area contributed by atoms with Crippen LogP contribution in [0.4, 0.5) is 8.78 Å². The standard InChI is InChI=1S/C16H19F2NO2S/c17-12-1-2-14(18)13(9-12)15-3-5-19(6-8-22-15)16(20)11-4-7-21-10-11/h1-2,9,11,15H,3-8,10H2. The molecule has 2 atom stereocenters. The average molecular weight is 327 g/mol. The topological polar surface area (TPSA) is 29.5 Å². The molecule has 2 fully saturated rings. The fraction of sp³-hybridized carbons (Fsp3) is 0.562. The summed E-state index contributed by atoms with van der Waals surface area (Å²) in [6.45, 7) is 2.40. The van der Waals surface area contributed by atoms with E-state index >= 15 is 0 Å². The van der Waals surface area contributed by atoms with Crippen LogP contribution in [0.25, 0.3) is 0 Å². The van der Waals surface area contributed by atoms with Gasteiger partial charge < -0.3 is 9.64 Å². The molecule has 1 aromatic rings. The predicted octanol–water partition coefficient (Wildman–Crippen LogP) is 3.01. The van der Waals surface area contributed by atoms with Crippen molar-refractivity contribution in [2.24, 2.45) is 5.92 Å². The highest BCUT2D eigenvalue weighted by Crippen LogP contribution is 2.36. The number of halogens is 2. The summed E-state index contributed by atoms with van der Waals surface area (Å²) >= 11 is 1.59. The summed E-state index contributed by atoms with van der Waals surface area (Å²) < 4.78 is 32.5. The van der Waals surface area contributed by atoms with Gasteiger partial charge in [-0.05, 0) is 31.0 Å². The van der Waals surface area contributed by atoms with Crippen LogP contribution in [0.15, 0.2) is 18.2 Å². The third-order valence-corrected chi connectivity index (χ3v) is 5.55. The molecule has 2 saturated heterocycles. The first kappa shape index (κ1) is 15.7. The van der Waals surface area contributed by atoms with Gasteiger partial charge in [-0.15, -0.1) is 0 Å². The van der Waals surface area contributed by atoms with Crippen molar-refractivity contribution in [1.82, 2.24) is 4.90 Å². The molecule has 0 aliphatic carbocycles. The third-order valence-electron chi connectivity index (χ3n) is 4.24. The maximum atomic E-state index is 13.9. The highest BCUT2D eigenvalue weighted by molar-refractivity contribution is 7.99. The first-order valence-electron chi connectivity index (χ1n) is 7.58. The highest BCUT2D eigenvalue weighted by atomic mass is 32.2. The van der Waals surface area contributed by atoms with E-state index < -0.39 is 5.82 Å². The molecule has 1 aromatic carbocycles. The van der Waals surface area contributed by atoms with E-state index in [-0.39, 0.29) is 22.9 Å². The van der Waals surface area contributed by atoms with Crippen molar-refractivity contribution in [3.05, 3.63) is 35.4 Å². The van der Waals surface area contributed by atoms with Gasteiger partial charge in [0.2, 0.25) is 5.91 Å². The molecule has 0 spiro atoms. The Hall–Kier alpha value is -1.14. The van der Waals surface area contributed by atoms with Crippen LogP contribution in [0.2, 0.25) is 0 Å². The fourth-order valence-electron chi connectivity index (χ4n) is 2.99. The molecule has 0 saturated carbocycles. The monoisotopic (exact) mass is 327 g/mol. The van der Waals surface area contributed by atoms with Crippen molar-refractivity contribution in [2.75, 3.05) is 32.1 Å². The molecule has 2 aliphatic heterocycles. The zero-order valence-corrected chi connectivity index (χ0v) is 13.1.